The van der Waals surface area contributed by atoms with Gasteiger partial charge in [-0.3, -0.25) is 0 Å². The summed E-state index contributed by atoms with van der Waals surface area (Å²) >= 11 is 0. The van der Waals surface area contributed by atoms with Crippen LogP contribution < -0.4 is 0 Å². The molecule has 0 unspecified atom stereocenters. The van der Waals surface area contributed by atoms with Crippen LogP contribution in [0, 0.1) is 5.92 Å². The van der Waals surface area contributed by atoms with Crippen LogP contribution >= 0.6 is 0 Å². The molecule has 0 bridgehead atoms. The molecule has 0 saturated carbocycles. The van der Waals surface area contributed by atoms with Crippen LogP contribution in [0.2, 0.25) is 0 Å². The zero-order valence-corrected chi connectivity index (χ0v) is 10.8. The highest BCUT2D eigenvalue weighted by atomic mass is 15.1. The van der Waals surface area contributed by atoms with E-state index in [4.69, 9.17) is 0 Å². The lowest BCUT2D eigenvalue weighted by Crippen LogP contribution is -2.27. The molecule has 1 heterocycles. The standard InChI is InChI=1S/C14H27N/c1-4-11-15-12-6-5-9-14(15)10-7-8-13(2)3/h9,13H,4-8,10-12H2,1-3H3. The highest BCUT2D eigenvalue weighted by Gasteiger charge is 2.11. The highest BCUT2D eigenvalue weighted by molar-refractivity contribution is 5.04. The molecule has 0 spiro atoms. The van der Waals surface area contributed by atoms with E-state index in [2.05, 4.69) is 31.7 Å². The molecule has 0 aliphatic carbocycles. The lowest BCUT2D eigenvalue weighted by Gasteiger charge is -2.30. The molecule has 0 amide bonds. The Bertz CT molecular complexity index is 194. The third kappa shape index (κ3) is 4.72. The molecule has 0 saturated heterocycles. The van der Waals surface area contributed by atoms with Crippen molar-refractivity contribution in [1.82, 2.24) is 4.90 Å². The summed E-state index contributed by atoms with van der Waals surface area (Å²) in [5, 5.41) is 0. The zero-order chi connectivity index (χ0) is 11.1. The molecule has 88 valence electrons. The van der Waals surface area contributed by atoms with Gasteiger partial charge in [0.1, 0.15) is 0 Å². The van der Waals surface area contributed by atoms with Crippen LogP contribution in [-0.2, 0) is 0 Å². The Balaban J connectivity index is 2.32. The topological polar surface area (TPSA) is 3.24 Å². The van der Waals surface area contributed by atoms with Crippen LogP contribution in [0.5, 0.6) is 0 Å². The molecule has 0 atom stereocenters. The molecular formula is C14H27N. The second-order valence-electron chi connectivity index (χ2n) is 5.11. The van der Waals surface area contributed by atoms with Gasteiger partial charge in [0.25, 0.3) is 0 Å². The molecular weight excluding hydrogens is 182 g/mol. The Morgan fingerprint density at radius 1 is 1.40 bits per heavy atom. The summed E-state index contributed by atoms with van der Waals surface area (Å²) in [5.74, 6) is 0.855. The van der Waals surface area contributed by atoms with Gasteiger partial charge in [0.2, 0.25) is 0 Å². The van der Waals surface area contributed by atoms with Crippen LogP contribution in [0.1, 0.15) is 59.3 Å². The second-order valence-corrected chi connectivity index (χ2v) is 5.11. The van der Waals surface area contributed by atoms with E-state index in [0.29, 0.717) is 0 Å². The molecule has 1 nitrogen and oxygen atoms in total. The molecule has 15 heavy (non-hydrogen) atoms. The first-order chi connectivity index (χ1) is 7.24. The van der Waals surface area contributed by atoms with Crippen LogP contribution in [0.15, 0.2) is 11.8 Å². The van der Waals surface area contributed by atoms with E-state index in [1.54, 1.807) is 5.70 Å². The third-order valence-electron chi connectivity index (χ3n) is 3.13. The lowest BCUT2D eigenvalue weighted by atomic mass is 10.0. The quantitative estimate of drug-likeness (QED) is 0.633. The summed E-state index contributed by atoms with van der Waals surface area (Å²) in [6, 6.07) is 0. The molecule has 0 N–H and O–H groups in total. The molecule has 0 radical (unpaired) electrons. The van der Waals surface area contributed by atoms with Gasteiger partial charge in [-0.2, -0.15) is 0 Å². The summed E-state index contributed by atoms with van der Waals surface area (Å²) in [5.41, 5.74) is 1.63. The summed E-state index contributed by atoms with van der Waals surface area (Å²) in [6.45, 7) is 9.47. The Morgan fingerprint density at radius 3 is 2.87 bits per heavy atom. The first kappa shape index (κ1) is 12.6. The first-order valence-electron chi connectivity index (χ1n) is 6.68. The molecule has 1 rings (SSSR count). The average molecular weight is 209 g/mol. The maximum Gasteiger partial charge on any atom is 0.0177 e. The van der Waals surface area contributed by atoms with Crippen LogP contribution in [-0.4, -0.2) is 18.0 Å². The van der Waals surface area contributed by atoms with Crippen molar-refractivity contribution in [2.24, 2.45) is 5.92 Å². The zero-order valence-electron chi connectivity index (χ0n) is 10.8. The molecule has 0 aromatic carbocycles. The van der Waals surface area contributed by atoms with Gasteiger partial charge in [-0.1, -0.05) is 33.3 Å². The fourth-order valence-corrected chi connectivity index (χ4v) is 2.30. The van der Waals surface area contributed by atoms with E-state index in [0.717, 1.165) is 5.92 Å². The van der Waals surface area contributed by atoms with Gasteiger partial charge < -0.3 is 4.90 Å². The van der Waals surface area contributed by atoms with Crippen LogP contribution in [0.3, 0.4) is 0 Å². The third-order valence-corrected chi connectivity index (χ3v) is 3.13. The SMILES string of the molecule is CCCN1CCCC=C1CCCC(C)C. The summed E-state index contributed by atoms with van der Waals surface area (Å²) in [7, 11) is 0. The van der Waals surface area contributed by atoms with Crippen LogP contribution in [0.4, 0.5) is 0 Å². The van der Waals surface area contributed by atoms with Gasteiger partial charge in [0, 0.05) is 18.8 Å². The summed E-state index contributed by atoms with van der Waals surface area (Å²) < 4.78 is 0. The van der Waals surface area contributed by atoms with Crippen molar-refractivity contribution in [3.63, 3.8) is 0 Å². The molecule has 1 aliphatic rings. The Kier molecular flexibility index (Phi) is 5.82. The first-order valence-corrected chi connectivity index (χ1v) is 6.68. The molecule has 0 aromatic heterocycles. The minimum Gasteiger partial charge on any atom is -0.375 e. The van der Waals surface area contributed by atoms with E-state index in [9.17, 15) is 0 Å². The lowest BCUT2D eigenvalue weighted by molar-refractivity contribution is 0.307. The summed E-state index contributed by atoms with van der Waals surface area (Å²) in [4.78, 5) is 2.60. The molecule has 1 heteroatoms. The van der Waals surface area contributed by atoms with Crippen molar-refractivity contribution in [3.8, 4) is 0 Å². The fraction of sp³-hybridized carbons (Fsp3) is 0.857. The largest absolute Gasteiger partial charge is 0.375 e. The number of hydrogen-bond acceptors (Lipinski definition) is 1. The smallest absolute Gasteiger partial charge is 0.0177 e. The minimum absolute atomic E-state index is 0.855. The normalized spacial score (nSPS) is 17.1. The monoisotopic (exact) mass is 209 g/mol. The maximum absolute atomic E-state index is 2.60. The predicted molar refractivity (Wildman–Crippen MR) is 67.9 cm³/mol. The van der Waals surface area contributed by atoms with Crippen molar-refractivity contribution in [1.29, 1.82) is 0 Å². The van der Waals surface area contributed by atoms with Crippen molar-refractivity contribution >= 4 is 0 Å². The van der Waals surface area contributed by atoms with Gasteiger partial charge in [0.05, 0.1) is 0 Å². The van der Waals surface area contributed by atoms with Gasteiger partial charge in [-0.05, 0) is 38.0 Å². The van der Waals surface area contributed by atoms with Crippen molar-refractivity contribution < 1.29 is 0 Å². The predicted octanol–water partition coefficient (Wildman–Crippen LogP) is 4.20. The Labute approximate surface area is 95.5 Å². The number of nitrogens with zero attached hydrogens (tertiary/aromatic N) is 1. The van der Waals surface area contributed by atoms with Crippen LogP contribution in [0.25, 0.3) is 0 Å². The van der Waals surface area contributed by atoms with Crippen molar-refractivity contribution in [2.75, 3.05) is 13.1 Å². The van der Waals surface area contributed by atoms with E-state index < -0.39 is 0 Å². The fourth-order valence-electron chi connectivity index (χ4n) is 2.30. The summed E-state index contributed by atoms with van der Waals surface area (Å²) in [6.07, 6.45) is 10.4. The average Bonchev–Trinajstić information content (AvgIpc) is 2.20. The van der Waals surface area contributed by atoms with E-state index in [1.165, 1.54) is 51.6 Å². The van der Waals surface area contributed by atoms with E-state index in [-0.39, 0.29) is 0 Å². The van der Waals surface area contributed by atoms with E-state index in [1.807, 2.05) is 0 Å². The van der Waals surface area contributed by atoms with Gasteiger partial charge in [-0.15, -0.1) is 0 Å². The minimum atomic E-state index is 0.855. The molecule has 0 fully saturated rings. The van der Waals surface area contributed by atoms with Crippen molar-refractivity contribution in [3.05, 3.63) is 11.8 Å². The molecule has 0 aromatic rings. The Morgan fingerprint density at radius 2 is 2.20 bits per heavy atom. The maximum atomic E-state index is 2.60. The van der Waals surface area contributed by atoms with E-state index >= 15 is 0 Å². The molecule has 1 aliphatic heterocycles. The van der Waals surface area contributed by atoms with Gasteiger partial charge >= 0.3 is 0 Å². The number of hydrogen-bond donors (Lipinski definition) is 0. The number of rotatable bonds is 6. The Hall–Kier alpha value is -0.460. The highest BCUT2D eigenvalue weighted by Crippen LogP contribution is 2.21. The van der Waals surface area contributed by atoms with Gasteiger partial charge in [0.15, 0.2) is 0 Å². The second kappa shape index (κ2) is 6.92. The van der Waals surface area contributed by atoms with Crippen molar-refractivity contribution in [2.45, 2.75) is 59.3 Å². The van der Waals surface area contributed by atoms with Gasteiger partial charge in [-0.25, -0.2) is 0 Å². The number of allylic oxidation sites excluding steroid dienone is 2.